The smallest absolute Gasteiger partial charge is 0.251 e. The van der Waals surface area contributed by atoms with Crippen LogP contribution in [0.4, 0.5) is 4.39 Å². The number of carbonyl (C=O) groups excluding carboxylic acids is 2. The zero-order valence-corrected chi connectivity index (χ0v) is 15.2. The third kappa shape index (κ3) is 5.00. The van der Waals surface area contributed by atoms with E-state index < -0.39 is 6.04 Å². The third-order valence-electron chi connectivity index (χ3n) is 3.97. The highest BCUT2D eigenvalue weighted by molar-refractivity contribution is 5.94. The van der Waals surface area contributed by atoms with E-state index in [1.54, 1.807) is 43.3 Å². The van der Waals surface area contributed by atoms with E-state index in [2.05, 4.69) is 20.8 Å². The molecule has 1 atom stereocenters. The number of hydrogen-bond donors (Lipinski definition) is 2. The van der Waals surface area contributed by atoms with Crippen molar-refractivity contribution in [2.24, 2.45) is 0 Å². The number of halogens is 1. The standard InChI is InChI=1S/C20H19FN4O3/c1-13(20-24-18(25-28-20)14-7-9-16(21)10-8-14)23-17(26)11-12-22-19(27)15-5-3-2-4-6-15/h2-10,13H,11-12H2,1H3,(H,22,27)(H,23,26). The van der Waals surface area contributed by atoms with E-state index in [0.717, 1.165) is 0 Å². The maximum Gasteiger partial charge on any atom is 0.251 e. The molecule has 0 aliphatic rings. The predicted octanol–water partition coefficient (Wildman–Crippen LogP) is 2.87. The van der Waals surface area contributed by atoms with Crippen LogP contribution in [0.2, 0.25) is 0 Å². The molecule has 7 nitrogen and oxygen atoms in total. The molecule has 0 bridgehead atoms. The van der Waals surface area contributed by atoms with Gasteiger partial charge in [0.05, 0.1) is 0 Å². The number of aromatic nitrogens is 2. The van der Waals surface area contributed by atoms with Gasteiger partial charge >= 0.3 is 0 Å². The second kappa shape index (κ2) is 8.90. The van der Waals surface area contributed by atoms with Crippen LogP contribution < -0.4 is 10.6 Å². The summed E-state index contributed by atoms with van der Waals surface area (Å²) >= 11 is 0. The monoisotopic (exact) mass is 382 g/mol. The summed E-state index contributed by atoms with van der Waals surface area (Å²) in [6, 6.07) is 14.0. The molecule has 0 spiro atoms. The minimum absolute atomic E-state index is 0.113. The van der Waals surface area contributed by atoms with Crippen molar-refractivity contribution in [3.63, 3.8) is 0 Å². The van der Waals surface area contributed by atoms with Crippen molar-refractivity contribution in [1.82, 2.24) is 20.8 Å². The lowest BCUT2D eigenvalue weighted by Crippen LogP contribution is -2.32. The van der Waals surface area contributed by atoms with E-state index in [4.69, 9.17) is 4.52 Å². The molecule has 0 aliphatic carbocycles. The minimum atomic E-state index is -0.501. The molecule has 0 saturated heterocycles. The van der Waals surface area contributed by atoms with Crippen molar-refractivity contribution < 1.29 is 18.5 Å². The summed E-state index contributed by atoms with van der Waals surface area (Å²) in [5.74, 6) is -0.302. The van der Waals surface area contributed by atoms with Crippen LogP contribution in [0, 0.1) is 5.82 Å². The molecular weight excluding hydrogens is 363 g/mol. The van der Waals surface area contributed by atoms with Crippen LogP contribution in [0.3, 0.4) is 0 Å². The van der Waals surface area contributed by atoms with Crippen molar-refractivity contribution in [3.8, 4) is 11.4 Å². The Balaban J connectivity index is 1.48. The Morgan fingerprint density at radius 1 is 1.11 bits per heavy atom. The second-order valence-corrected chi connectivity index (χ2v) is 6.12. The molecule has 2 amide bonds. The number of nitrogens with one attached hydrogen (secondary N) is 2. The van der Waals surface area contributed by atoms with Crippen LogP contribution in [0.15, 0.2) is 59.1 Å². The second-order valence-electron chi connectivity index (χ2n) is 6.12. The van der Waals surface area contributed by atoms with Crippen molar-refractivity contribution in [2.45, 2.75) is 19.4 Å². The SMILES string of the molecule is CC(NC(=O)CCNC(=O)c1ccccc1)c1nc(-c2ccc(F)cc2)no1. The van der Waals surface area contributed by atoms with E-state index in [-0.39, 0.29) is 36.5 Å². The van der Waals surface area contributed by atoms with Crippen molar-refractivity contribution in [3.05, 3.63) is 71.9 Å². The first-order valence-corrected chi connectivity index (χ1v) is 8.75. The average molecular weight is 382 g/mol. The molecule has 1 unspecified atom stereocenters. The zero-order valence-electron chi connectivity index (χ0n) is 15.2. The molecule has 144 valence electrons. The summed E-state index contributed by atoms with van der Waals surface area (Å²) in [7, 11) is 0. The van der Waals surface area contributed by atoms with Crippen LogP contribution in [0.25, 0.3) is 11.4 Å². The van der Waals surface area contributed by atoms with E-state index >= 15 is 0 Å². The molecule has 2 aromatic carbocycles. The number of carbonyl (C=O) groups is 2. The highest BCUT2D eigenvalue weighted by Gasteiger charge is 2.17. The maximum absolute atomic E-state index is 13.0. The Morgan fingerprint density at radius 3 is 2.54 bits per heavy atom. The molecular formula is C20H19FN4O3. The van der Waals surface area contributed by atoms with Crippen LogP contribution in [0.5, 0.6) is 0 Å². The Morgan fingerprint density at radius 2 is 1.82 bits per heavy atom. The largest absolute Gasteiger partial charge is 0.352 e. The van der Waals surface area contributed by atoms with Gasteiger partial charge in [-0.15, -0.1) is 0 Å². The third-order valence-corrected chi connectivity index (χ3v) is 3.97. The normalized spacial score (nSPS) is 11.6. The number of rotatable bonds is 7. The summed E-state index contributed by atoms with van der Waals surface area (Å²) in [5, 5.41) is 9.27. The van der Waals surface area contributed by atoms with Gasteiger partial charge in [-0.05, 0) is 43.3 Å². The summed E-state index contributed by atoms with van der Waals surface area (Å²) in [6.45, 7) is 1.92. The number of nitrogens with zero attached hydrogens (tertiary/aromatic N) is 2. The number of amides is 2. The summed E-state index contributed by atoms with van der Waals surface area (Å²) < 4.78 is 18.2. The fourth-order valence-corrected chi connectivity index (χ4v) is 2.48. The van der Waals surface area contributed by atoms with Crippen molar-refractivity contribution in [1.29, 1.82) is 0 Å². The maximum atomic E-state index is 13.0. The van der Waals surface area contributed by atoms with Crippen LogP contribution >= 0.6 is 0 Å². The molecule has 28 heavy (non-hydrogen) atoms. The summed E-state index contributed by atoms with van der Waals surface area (Å²) in [6.07, 6.45) is 0.113. The van der Waals surface area contributed by atoms with Crippen LogP contribution in [0.1, 0.15) is 35.6 Å². The van der Waals surface area contributed by atoms with E-state index in [0.29, 0.717) is 17.0 Å². The molecule has 0 aliphatic heterocycles. The lowest BCUT2D eigenvalue weighted by Gasteiger charge is -2.10. The zero-order chi connectivity index (χ0) is 19.9. The van der Waals surface area contributed by atoms with Gasteiger partial charge in [-0.1, -0.05) is 23.4 Å². The van der Waals surface area contributed by atoms with Gasteiger partial charge in [0.1, 0.15) is 11.9 Å². The highest BCUT2D eigenvalue weighted by Crippen LogP contribution is 2.19. The summed E-state index contributed by atoms with van der Waals surface area (Å²) in [4.78, 5) is 28.2. The lowest BCUT2D eigenvalue weighted by atomic mass is 10.2. The van der Waals surface area contributed by atoms with Crippen molar-refractivity contribution >= 4 is 11.8 Å². The van der Waals surface area contributed by atoms with Gasteiger partial charge in [-0.3, -0.25) is 9.59 Å². The Hall–Kier alpha value is -3.55. The first-order valence-electron chi connectivity index (χ1n) is 8.75. The van der Waals surface area contributed by atoms with E-state index in [1.165, 1.54) is 12.1 Å². The molecule has 8 heteroatoms. The van der Waals surface area contributed by atoms with Gasteiger partial charge in [-0.2, -0.15) is 4.98 Å². The Bertz CT molecular complexity index is 942. The quantitative estimate of drug-likeness (QED) is 0.655. The van der Waals surface area contributed by atoms with Gasteiger partial charge < -0.3 is 15.2 Å². The average Bonchev–Trinajstić information content (AvgIpc) is 3.19. The number of benzene rings is 2. The van der Waals surface area contributed by atoms with Gasteiger partial charge in [0.25, 0.3) is 5.91 Å². The molecule has 3 rings (SSSR count). The van der Waals surface area contributed by atoms with E-state index in [9.17, 15) is 14.0 Å². The Labute approximate surface area is 161 Å². The van der Waals surface area contributed by atoms with Crippen LogP contribution in [-0.4, -0.2) is 28.5 Å². The van der Waals surface area contributed by atoms with Gasteiger partial charge in [0.15, 0.2) is 0 Å². The molecule has 2 N–H and O–H groups in total. The topological polar surface area (TPSA) is 97.1 Å². The van der Waals surface area contributed by atoms with Gasteiger partial charge in [-0.25, -0.2) is 4.39 Å². The fraction of sp³-hybridized carbons (Fsp3) is 0.200. The molecule has 0 radical (unpaired) electrons. The van der Waals surface area contributed by atoms with Crippen LogP contribution in [-0.2, 0) is 4.79 Å². The first kappa shape index (κ1) is 19.2. The first-order chi connectivity index (χ1) is 13.5. The van der Waals surface area contributed by atoms with Crippen molar-refractivity contribution in [2.75, 3.05) is 6.54 Å². The minimum Gasteiger partial charge on any atom is -0.352 e. The van der Waals surface area contributed by atoms with Gasteiger partial charge in [0.2, 0.25) is 17.6 Å². The van der Waals surface area contributed by atoms with E-state index in [1.807, 2.05) is 6.07 Å². The predicted molar refractivity (Wildman–Crippen MR) is 99.6 cm³/mol. The number of hydrogen-bond acceptors (Lipinski definition) is 5. The lowest BCUT2D eigenvalue weighted by molar-refractivity contribution is -0.121. The molecule has 3 aromatic rings. The van der Waals surface area contributed by atoms with Gasteiger partial charge in [0, 0.05) is 24.1 Å². The summed E-state index contributed by atoms with van der Waals surface area (Å²) in [5.41, 5.74) is 1.15. The molecule has 1 aromatic heterocycles. The highest BCUT2D eigenvalue weighted by atomic mass is 19.1. The Kier molecular flexibility index (Phi) is 6.11. The molecule has 0 saturated carbocycles. The molecule has 0 fully saturated rings. The fourth-order valence-electron chi connectivity index (χ4n) is 2.48. The molecule has 1 heterocycles.